The van der Waals surface area contributed by atoms with E-state index < -0.39 is 10.0 Å². The molecule has 1 aliphatic heterocycles. The first-order chi connectivity index (χ1) is 11.7. The molecule has 0 bridgehead atoms. The summed E-state index contributed by atoms with van der Waals surface area (Å²) in [5, 5.41) is 11.5. The van der Waals surface area contributed by atoms with Crippen LogP contribution >= 0.6 is 12.4 Å². The number of carbonyl (C=O) groups is 1. The van der Waals surface area contributed by atoms with Crippen molar-refractivity contribution in [3.05, 3.63) is 28.8 Å². The minimum atomic E-state index is -3.88. The number of piperidine rings is 1. The average molecular weight is 406 g/mol. The van der Waals surface area contributed by atoms with Crippen molar-refractivity contribution in [2.75, 3.05) is 33.4 Å². The van der Waals surface area contributed by atoms with E-state index in [-0.39, 0.29) is 28.6 Å². The van der Waals surface area contributed by atoms with E-state index in [1.54, 1.807) is 27.0 Å². The summed E-state index contributed by atoms with van der Waals surface area (Å²) in [6, 6.07) is 3.03. The number of primary sulfonamides is 1. The minimum Gasteiger partial charge on any atom is -0.384 e. The normalized spacial score (nSPS) is 16.6. The molecule has 1 aromatic carbocycles. The molecule has 0 unspecified atom stereocenters. The molecular weight excluding hydrogens is 378 g/mol. The number of benzene rings is 1. The molecular formula is C17H28ClN3O4S. The Balaban J connectivity index is 0.00000338. The molecule has 0 radical (unpaired) electrons. The third kappa shape index (κ3) is 5.40. The Kier molecular flexibility index (Phi) is 8.04. The van der Waals surface area contributed by atoms with Gasteiger partial charge >= 0.3 is 0 Å². The van der Waals surface area contributed by atoms with Crippen LogP contribution in [-0.4, -0.2) is 47.7 Å². The highest BCUT2D eigenvalue weighted by molar-refractivity contribution is 7.89. The van der Waals surface area contributed by atoms with Crippen LogP contribution in [0.25, 0.3) is 0 Å². The fourth-order valence-corrected chi connectivity index (χ4v) is 4.14. The molecule has 26 heavy (non-hydrogen) atoms. The fraction of sp³-hybridized carbons (Fsp3) is 0.588. The molecule has 9 heteroatoms. The molecule has 0 aliphatic carbocycles. The number of rotatable bonds is 6. The average Bonchev–Trinajstić information content (AvgIpc) is 2.55. The maximum absolute atomic E-state index is 12.6. The summed E-state index contributed by atoms with van der Waals surface area (Å²) < 4.78 is 28.8. The highest BCUT2D eigenvalue weighted by atomic mass is 35.5. The number of ether oxygens (including phenoxy) is 1. The quantitative estimate of drug-likeness (QED) is 0.656. The Hall–Kier alpha value is -1.19. The Labute approximate surface area is 161 Å². The molecule has 1 saturated heterocycles. The lowest BCUT2D eigenvalue weighted by Crippen LogP contribution is -2.47. The molecule has 2 rings (SSSR count). The van der Waals surface area contributed by atoms with Gasteiger partial charge in [-0.25, -0.2) is 13.6 Å². The van der Waals surface area contributed by atoms with Crippen molar-refractivity contribution in [2.24, 2.45) is 10.6 Å². The molecule has 4 N–H and O–H groups in total. The largest absolute Gasteiger partial charge is 0.384 e. The van der Waals surface area contributed by atoms with Crippen molar-refractivity contribution in [3.8, 4) is 0 Å². The Morgan fingerprint density at radius 2 is 1.92 bits per heavy atom. The summed E-state index contributed by atoms with van der Waals surface area (Å²) in [4.78, 5) is 12.6. The van der Waals surface area contributed by atoms with E-state index in [0.29, 0.717) is 29.8 Å². The summed E-state index contributed by atoms with van der Waals surface area (Å²) in [7, 11) is -2.22. The first-order valence-electron chi connectivity index (χ1n) is 8.30. The van der Waals surface area contributed by atoms with Gasteiger partial charge in [0.15, 0.2) is 0 Å². The van der Waals surface area contributed by atoms with Gasteiger partial charge in [0.2, 0.25) is 10.0 Å². The topological polar surface area (TPSA) is 111 Å². The molecule has 0 spiro atoms. The molecule has 148 valence electrons. The van der Waals surface area contributed by atoms with E-state index >= 15 is 0 Å². The number of carbonyl (C=O) groups excluding carboxylic acids is 1. The minimum absolute atomic E-state index is 0. The summed E-state index contributed by atoms with van der Waals surface area (Å²) in [6.07, 6.45) is 1.83. The van der Waals surface area contributed by atoms with E-state index in [0.717, 1.165) is 25.9 Å². The smallest absolute Gasteiger partial charge is 0.251 e. The number of halogens is 1. The van der Waals surface area contributed by atoms with E-state index in [9.17, 15) is 13.2 Å². The van der Waals surface area contributed by atoms with Gasteiger partial charge in [0.25, 0.3) is 5.91 Å². The van der Waals surface area contributed by atoms with Crippen molar-refractivity contribution in [1.29, 1.82) is 0 Å². The zero-order valence-electron chi connectivity index (χ0n) is 15.4. The van der Waals surface area contributed by atoms with Crippen molar-refractivity contribution in [1.82, 2.24) is 10.6 Å². The lowest BCUT2D eigenvalue weighted by Gasteiger charge is -2.37. The number of hydrogen-bond acceptors (Lipinski definition) is 5. The zero-order chi connectivity index (χ0) is 18.7. The number of nitrogens with one attached hydrogen (secondary N) is 2. The van der Waals surface area contributed by atoms with Gasteiger partial charge in [-0.05, 0) is 63.0 Å². The van der Waals surface area contributed by atoms with E-state index in [2.05, 4.69) is 10.6 Å². The van der Waals surface area contributed by atoms with Gasteiger partial charge in [0, 0.05) is 24.6 Å². The zero-order valence-corrected chi connectivity index (χ0v) is 17.1. The van der Waals surface area contributed by atoms with Gasteiger partial charge in [-0.1, -0.05) is 0 Å². The van der Waals surface area contributed by atoms with Gasteiger partial charge in [-0.15, -0.1) is 12.4 Å². The maximum atomic E-state index is 12.6. The third-order valence-electron chi connectivity index (χ3n) is 4.93. The summed E-state index contributed by atoms with van der Waals surface area (Å²) in [5.41, 5.74) is 1.48. The van der Waals surface area contributed by atoms with Gasteiger partial charge in [-0.3, -0.25) is 4.79 Å². The van der Waals surface area contributed by atoms with Crippen LogP contribution in [0.2, 0.25) is 0 Å². The van der Waals surface area contributed by atoms with Crippen molar-refractivity contribution in [3.63, 3.8) is 0 Å². The second kappa shape index (κ2) is 9.14. The summed E-state index contributed by atoms with van der Waals surface area (Å²) in [6.45, 7) is 6.28. The van der Waals surface area contributed by atoms with Crippen LogP contribution in [0.4, 0.5) is 0 Å². The number of methoxy groups -OCH3 is 1. The SMILES string of the molecule is COCC1(CNC(=O)c2cc(C)c(C)c(S(N)(=O)=O)c2)CCNCC1.Cl. The van der Waals surface area contributed by atoms with Gasteiger partial charge in [0.1, 0.15) is 0 Å². The number of amides is 1. The Morgan fingerprint density at radius 1 is 1.31 bits per heavy atom. The molecule has 1 heterocycles. The van der Waals surface area contributed by atoms with Crippen molar-refractivity contribution in [2.45, 2.75) is 31.6 Å². The van der Waals surface area contributed by atoms with E-state index in [1.807, 2.05) is 0 Å². The number of aryl methyl sites for hydroxylation is 1. The molecule has 0 saturated carbocycles. The van der Waals surface area contributed by atoms with Crippen LogP contribution in [0, 0.1) is 19.3 Å². The third-order valence-corrected chi connectivity index (χ3v) is 5.96. The monoisotopic (exact) mass is 405 g/mol. The van der Waals surface area contributed by atoms with Crippen LogP contribution in [0.5, 0.6) is 0 Å². The molecule has 1 aliphatic rings. The first-order valence-corrected chi connectivity index (χ1v) is 9.85. The predicted molar refractivity (Wildman–Crippen MR) is 103 cm³/mol. The molecule has 1 fully saturated rings. The Bertz CT molecular complexity index is 741. The number of hydrogen-bond donors (Lipinski definition) is 3. The molecule has 1 amide bonds. The van der Waals surface area contributed by atoms with Crippen molar-refractivity contribution < 1.29 is 17.9 Å². The second-order valence-electron chi connectivity index (χ2n) is 6.83. The lowest BCUT2D eigenvalue weighted by atomic mass is 9.79. The van der Waals surface area contributed by atoms with Crippen molar-refractivity contribution >= 4 is 28.3 Å². The first kappa shape index (κ1) is 22.9. The summed E-state index contributed by atoms with van der Waals surface area (Å²) in [5.74, 6) is -0.304. The second-order valence-corrected chi connectivity index (χ2v) is 8.36. The van der Waals surface area contributed by atoms with Crippen LogP contribution in [0.3, 0.4) is 0 Å². The highest BCUT2D eigenvalue weighted by Crippen LogP contribution is 2.28. The van der Waals surface area contributed by atoms with Crippen LogP contribution in [0.1, 0.15) is 34.3 Å². The summed E-state index contributed by atoms with van der Waals surface area (Å²) >= 11 is 0. The highest BCUT2D eigenvalue weighted by Gasteiger charge is 2.32. The van der Waals surface area contributed by atoms with Crippen LogP contribution in [-0.2, 0) is 14.8 Å². The molecule has 0 atom stereocenters. The van der Waals surface area contributed by atoms with Gasteiger partial charge in [-0.2, -0.15) is 0 Å². The van der Waals surface area contributed by atoms with Crippen LogP contribution in [0.15, 0.2) is 17.0 Å². The maximum Gasteiger partial charge on any atom is 0.251 e. The predicted octanol–water partition coefficient (Wildman–Crippen LogP) is 1.12. The molecule has 0 aromatic heterocycles. The van der Waals surface area contributed by atoms with E-state index in [1.165, 1.54) is 6.07 Å². The number of sulfonamides is 1. The lowest BCUT2D eigenvalue weighted by molar-refractivity contribution is 0.0511. The molecule has 1 aromatic rings. The van der Waals surface area contributed by atoms with Gasteiger partial charge in [0.05, 0.1) is 11.5 Å². The Morgan fingerprint density at radius 3 is 2.46 bits per heavy atom. The van der Waals surface area contributed by atoms with Crippen LogP contribution < -0.4 is 15.8 Å². The van der Waals surface area contributed by atoms with Gasteiger partial charge < -0.3 is 15.4 Å². The fourth-order valence-electron chi connectivity index (χ4n) is 3.26. The molecule has 7 nitrogen and oxygen atoms in total. The number of nitrogens with two attached hydrogens (primary N) is 1. The van der Waals surface area contributed by atoms with E-state index in [4.69, 9.17) is 9.88 Å². The standard InChI is InChI=1S/C17H27N3O4S.ClH/c1-12-8-14(9-15(13(12)2)25(18,22)23)16(21)20-10-17(11-24-3)4-6-19-7-5-17;/h8-9,19H,4-7,10-11H2,1-3H3,(H,20,21)(H2,18,22,23);1H.